The Morgan fingerprint density at radius 3 is 2.20 bits per heavy atom. The minimum atomic E-state index is -0.0109. The topological polar surface area (TPSA) is 104 Å². The monoisotopic (exact) mass is 601 g/mol. The average Bonchev–Trinajstić information content (AvgIpc) is 3.75. The molecule has 1 aromatic carbocycles. The zero-order chi connectivity index (χ0) is 30.6. The quantitative estimate of drug-likeness (QED) is 0.0814. The van der Waals surface area contributed by atoms with E-state index in [1.54, 1.807) is 17.0 Å². The van der Waals surface area contributed by atoms with Gasteiger partial charge in [-0.3, -0.25) is 14.1 Å². The van der Waals surface area contributed by atoms with Crippen molar-refractivity contribution in [3.05, 3.63) is 53.0 Å². The molecule has 0 saturated heterocycles. The summed E-state index contributed by atoms with van der Waals surface area (Å²) in [5, 5.41) is 0. The molecule has 5 rings (SSSR count). The number of pyridine rings is 1. The van der Waals surface area contributed by atoms with E-state index in [2.05, 4.69) is 15.5 Å². The molecule has 1 saturated carbocycles. The maximum atomic E-state index is 13.5. The van der Waals surface area contributed by atoms with Crippen LogP contribution in [0.5, 0.6) is 0 Å². The summed E-state index contributed by atoms with van der Waals surface area (Å²) >= 11 is 0. The highest BCUT2D eigenvalue weighted by Crippen LogP contribution is 2.36. The highest BCUT2D eigenvalue weighted by atomic mass is 16.6. The smallest absolute Gasteiger partial charge is 0.329 e. The first kappa shape index (κ1) is 31.9. The summed E-state index contributed by atoms with van der Waals surface area (Å²) in [6, 6.07) is 7.97. The van der Waals surface area contributed by atoms with E-state index in [-0.39, 0.29) is 11.7 Å². The van der Waals surface area contributed by atoms with Crippen LogP contribution in [0.25, 0.3) is 22.1 Å². The van der Waals surface area contributed by atoms with Crippen molar-refractivity contribution in [2.45, 2.75) is 44.8 Å². The molecule has 0 N–H and O–H groups in total. The summed E-state index contributed by atoms with van der Waals surface area (Å²) < 4.78 is 33.2. The fourth-order valence-electron chi connectivity index (χ4n) is 5.16. The zero-order valence-corrected chi connectivity index (χ0v) is 25.2. The number of rotatable bonds is 21. The lowest BCUT2D eigenvalue weighted by Crippen LogP contribution is -2.25. The molecule has 4 aromatic rings. The van der Waals surface area contributed by atoms with E-state index in [1.807, 2.05) is 28.8 Å². The van der Waals surface area contributed by atoms with Crippen LogP contribution in [0.2, 0.25) is 0 Å². The summed E-state index contributed by atoms with van der Waals surface area (Å²) in [5.41, 5.74) is 4.24. The molecule has 0 amide bonds. The van der Waals surface area contributed by atoms with Crippen LogP contribution in [0, 0.1) is 12.3 Å². The van der Waals surface area contributed by atoms with Crippen molar-refractivity contribution in [1.82, 2.24) is 23.7 Å². The number of aromatic nitrogens is 5. The third-order valence-electron chi connectivity index (χ3n) is 7.42. The fraction of sp³-hybridized carbons (Fsp3) is 0.531. The first-order valence-electron chi connectivity index (χ1n) is 15.3. The van der Waals surface area contributed by atoms with E-state index in [9.17, 15) is 4.79 Å². The van der Waals surface area contributed by atoms with Crippen molar-refractivity contribution in [1.29, 1.82) is 0 Å². The van der Waals surface area contributed by atoms with E-state index in [4.69, 9.17) is 42.9 Å². The van der Waals surface area contributed by atoms with Gasteiger partial charge in [0.15, 0.2) is 0 Å². The van der Waals surface area contributed by atoms with E-state index in [1.165, 1.54) is 0 Å². The minimum Gasteiger partial charge on any atom is -0.379 e. The predicted molar refractivity (Wildman–Crippen MR) is 169 cm³/mol. The molecule has 0 atom stereocenters. The van der Waals surface area contributed by atoms with Gasteiger partial charge in [0.1, 0.15) is 20.3 Å². The summed E-state index contributed by atoms with van der Waals surface area (Å²) in [6.45, 7) is 6.12. The molecule has 44 heavy (non-hydrogen) atoms. The van der Waals surface area contributed by atoms with Crippen molar-refractivity contribution in [3.8, 4) is 12.3 Å². The number of terminal acetylenes is 1. The third kappa shape index (κ3) is 8.58. The molecule has 0 spiro atoms. The number of hydrogen-bond donors (Lipinski definition) is 0. The first-order valence-corrected chi connectivity index (χ1v) is 15.3. The Hall–Kier alpha value is -3.47. The van der Waals surface area contributed by atoms with Crippen LogP contribution in [0.15, 0.2) is 41.5 Å². The van der Waals surface area contributed by atoms with Crippen LogP contribution in [0.3, 0.4) is 0 Å². The molecule has 0 unspecified atom stereocenters. The largest absolute Gasteiger partial charge is 0.379 e. The van der Waals surface area contributed by atoms with Crippen LogP contribution in [-0.4, -0.2) is 97.6 Å². The highest BCUT2D eigenvalue weighted by Gasteiger charge is 2.29. The molecule has 0 aliphatic heterocycles. The summed E-state index contributed by atoms with van der Waals surface area (Å²) in [5.74, 6) is 3.23. The van der Waals surface area contributed by atoms with E-state index < -0.39 is 0 Å². The van der Waals surface area contributed by atoms with Gasteiger partial charge < -0.3 is 28.3 Å². The van der Waals surface area contributed by atoms with E-state index >= 15 is 0 Å². The molecule has 12 heteroatoms. The van der Waals surface area contributed by atoms with Crippen molar-refractivity contribution in [2.75, 3.05) is 66.1 Å². The Morgan fingerprint density at radius 1 is 0.841 bits per heavy atom. The molecule has 0 bridgehead atoms. The Labute approximate surface area is 258 Å². The zero-order valence-electron chi connectivity index (χ0n) is 25.2. The van der Waals surface area contributed by atoms with E-state index in [0.29, 0.717) is 78.1 Å². The van der Waals surface area contributed by atoms with Crippen LogP contribution in [0.1, 0.15) is 37.5 Å². The Morgan fingerprint density at radius 2 is 1.52 bits per heavy atom. The molecular weight excluding hydrogens is 561 g/mol. The molecule has 3 heterocycles. The van der Waals surface area contributed by atoms with Crippen LogP contribution < -0.4 is 11.2 Å². The SMILES string of the molecule is [B]c1ccc2c(c1)nc(Cn1c(=O)n(C3CC3)c3ccncc31)n2CCCCOCCOCCOCCOCCOCC#C. The third-order valence-corrected chi connectivity index (χ3v) is 7.42. The summed E-state index contributed by atoms with van der Waals surface area (Å²) in [4.78, 5) is 22.7. The second-order valence-corrected chi connectivity index (χ2v) is 10.7. The molecule has 1 aliphatic carbocycles. The number of aryl methyl sites for hydroxylation is 1. The minimum absolute atomic E-state index is 0.0109. The Balaban J connectivity index is 1.04. The van der Waals surface area contributed by atoms with Gasteiger partial charge in [-0.25, -0.2) is 9.78 Å². The first-order chi connectivity index (χ1) is 21.7. The lowest BCUT2D eigenvalue weighted by molar-refractivity contribution is -0.00937. The molecule has 1 fully saturated rings. The number of unbranched alkanes of at least 4 members (excludes halogenated alkanes) is 1. The van der Waals surface area contributed by atoms with Crippen LogP contribution >= 0.6 is 0 Å². The summed E-state index contributed by atoms with van der Waals surface area (Å²) in [6.07, 6.45) is 12.5. The lowest BCUT2D eigenvalue weighted by Gasteiger charge is -2.11. The molecule has 232 valence electrons. The molecular formula is C32H40BN5O6. The van der Waals surface area contributed by atoms with Gasteiger partial charge in [-0.2, -0.15) is 0 Å². The van der Waals surface area contributed by atoms with Crippen LogP contribution in [0.4, 0.5) is 0 Å². The van der Waals surface area contributed by atoms with Gasteiger partial charge in [0, 0.05) is 25.4 Å². The average molecular weight is 602 g/mol. The van der Waals surface area contributed by atoms with Gasteiger partial charge in [-0.15, -0.1) is 6.42 Å². The number of imidazole rings is 2. The standard InChI is InChI=1S/C32H40BN5O6/c1-2-12-40-14-16-42-18-20-44-21-19-43-17-15-41-13-4-3-11-36-28-8-5-25(33)22-27(28)35-31(36)24-37-30-23-34-10-9-29(30)38(32(37)39)26-6-7-26/h1,5,8-10,22-23,26H,3-4,6-7,11-21,24H2. The van der Waals surface area contributed by atoms with Gasteiger partial charge >= 0.3 is 5.69 Å². The molecule has 3 aromatic heterocycles. The summed E-state index contributed by atoms with van der Waals surface area (Å²) in [7, 11) is 6.06. The predicted octanol–water partition coefficient (Wildman–Crippen LogP) is 2.22. The van der Waals surface area contributed by atoms with Gasteiger partial charge in [-0.1, -0.05) is 17.4 Å². The second-order valence-electron chi connectivity index (χ2n) is 10.7. The normalized spacial score (nSPS) is 13.2. The number of fused-ring (bicyclic) bond motifs is 2. The van der Waals surface area contributed by atoms with Crippen LogP contribution in [-0.2, 0) is 36.8 Å². The maximum Gasteiger partial charge on any atom is 0.329 e. The highest BCUT2D eigenvalue weighted by molar-refractivity contribution is 6.33. The Bertz CT molecular complexity index is 1590. The van der Waals surface area contributed by atoms with Crippen molar-refractivity contribution in [2.24, 2.45) is 0 Å². The molecule has 1 aliphatic rings. The van der Waals surface area contributed by atoms with Gasteiger partial charge in [0.2, 0.25) is 0 Å². The maximum absolute atomic E-state index is 13.5. The van der Waals surface area contributed by atoms with Gasteiger partial charge in [0.05, 0.1) is 87.7 Å². The number of hydrogen-bond acceptors (Lipinski definition) is 8. The van der Waals surface area contributed by atoms with Crippen molar-refractivity contribution in [3.63, 3.8) is 0 Å². The van der Waals surface area contributed by atoms with E-state index in [0.717, 1.165) is 60.1 Å². The number of nitrogens with zero attached hydrogens (tertiary/aromatic N) is 5. The molecule has 11 nitrogen and oxygen atoms in total. The fourth-order valence-corrected chi connectivity index (χ4v) is 5.16. The lowest BCUT2D eigenvalue weighted by atomic mass is 9.96. The molecule has 2 radical (unpaired) electrons. The van der Waals surface area contributed by atoms with Gasteiger partial charge in [0.25, 0.3) is 0 Å². The number of ether oxygens (including phenoxy) is 5. The second kappa shape index (κ2) is 16.6. The van der Waals surface area contributed by atoms with Crippen molar-refractivity contribution >= 4 is 35.4 Å². The van der Waals surface area contributed by atoms with Crippen molar-refractivity contribution < 1.29 is 23.7 Å². The number of benzene rings is 1. The van der Waals surface area contributed by atoms with Gasteiger partial charge in [-0.05, 0) is 43.9 Å². The Kier molecular flexibility index (Phi) is 12.0.